The second-order valence-corrected chi connectivity index (χ2v) is 7.22. The van der Waals surface area contributed by atoms with Gasteiger partial charge in [0.25, 0.3) is 0 Å². The van der Waals surface area contributed by atoms with E-state index in [4.69, 9.17) is 21.3 Å². The predicted molar refractivity (Wildman–Crippen MR) is 105 cm³/mol. The topological polar surface area (TPSA) is 27.1 Å². The van der Waals surface area contributed by atoms with E-state index in [1.54, 1.807) is 0 Å². The molecule has 0 saturated carbocycles. The first-order valence-corrected chi connectivity index (χ1v) is 9.20. The highest BCUT2D eigenvalue weighted by Gasteiger charge is 2.13. The normalized spacial score (nSPS) is 11.4. The number of hydrogen-bond donors (Lipinski definition) is 0. The summed E-state index contributed by atoms with van der Waals surface area (Å²) in [6.07, 6.45) is 0.931. The number of rotatable bonds is 6. The first kappa shape index (κ1) is 17.8. The van der Waals surface area contributed by atoms with Gasteiger partial charge in [0.15, 0.2) is 0 Å². The van der Waals surface area contributed by atoms with Crippen molar-refractivity contribution in [3.8, 4) is 5.75 Å². The number of nitrogens with zero attached hydrogens (tertiary/aromatic N) is 2. The maximum Gasteiger partial charge on any atom is 0.119 e. The third-order valence-electron chi connectivity index (χ3n) is 4.41. The number of para-hydroxylation sites is 2. The van der Waals surface area contributed by atoms with Crippen molar-refractivity contribution in [2.45, 2.75) is 46.6 Å². The van der Waals surface area contributed by atoms with Crippen molar-refractivity contribution < 1.29 is 4.74 Å². The van der Waals surface area contributed by atoms with Crippen LogP contribution in [-0.4, -0.2) is 16.2 Å². The Morgan fingerprint density at radius 2 is 1.80 bits per heavy atom. The molecule has 0 aliphatic carbocycles. The Bertz CT molecular complexity index is 860. The van der Waals surface area contributed by atoms with Gasteiger partial charge < -0.3 is 9.30 Å². The van der Waals surface area contributed by atoms with Crippen molar-refractivity contribution in [1.29, 1.82) is 0 Å². The lowest BCUT2D eigenvalue weighted by Gasteiger charge is -2.13. The van der Waals surface area contributed by atoms with Gasteiger partial charge in [0.05, 0.1) is 17.6 Å². The zero-order valence-corrected chi connectivity index (χ0v) is 16.1. The van der Waals surface area contributed by atoms with Gasteiger partial charge in [-0.05, 0) is 55.7 Å². The number of aryl methyl sites for hydroxylation is 3. The minimum absolute atomic E-state index is 0.398. The molecule has 1 aromatic heterocycles. The van der Waals surface area contributed by atoms with Crippen LogP contribution in [0.4, 0.5) is 0 Å². The van der Waals surface area contributed by atoms with Gasteiger partial charge >= 0.3 is 0 Å². The van der Waals surface area contributed by atoms with Crippen LogP contribution in [0.5, 0.6) is 5.75 Å². The standard InChI is InChI=1S/C21H25ClN2O/c1-14(2)21-23-18-8-5-6-9-19(18)24(21)10-7-11-25-17-12-15(3)20(22)16(4)13-17/h5-6,8-9,12-14H,7,10-11H2,1-4H3. The molecule has 0 aliphatic rings. The Kier molecular flexibility index (Phi) is 5.33. The molecular weight excluding hydrogens is 332 g/mol. The molecule has 0 bridgehead atoms. The van der Waals surface area contributed by atoms with Crippen LogP contribution >= 0.6 is 11.6 Å². The fraction of sp³-hybridized carbons (Fsp3) is 0.381. The average Bonchev–Trinajstić information content (AvgIpc) is 2.95. The Labute approximate surface area is 154 Å². The molecule has 0 atom stereocenters. The van der Waals surface area contributed by atoms with E-state index in [0.29, 0.717) is 12.5 Å². The lowest BCUT2D eigenvalue weighted by atomic mass is 10.1. The fourth-order valence-electron chi connectivity index (χ4n) is 3.17. The summed E-state index contributed by atoms with van der Waals surface area (Å²) >= 11 is 6.22. The molecule has 3 nitrogen and oxygen atoms in total. The highest BCUT2D eigenvalue weighted by Crippen LogP contribution is 2.26. The molecule has 3 aromatic rings. The van der Waals surface area contributed by atoms with Crippen LogP contribution in [0, 0.1) is 13.8 Å². The molecule has 25 heavy (non-hydrogen) atoms. The minimum Gasteiger partial charge on any atom is -0.494 e. The van der Waals surface area contributed by atoms with Crippen LogP contribution in [0.3, 0.4) is 0 Å². The highest BCUT2D eigenvalue weighted by molar-refractivity contribution is 6.32. The molecule has 2 aromatic carbocycles. The molecule has 0 N–H and O–H groups in total. The number of fused-ring (bicyclic) bond motifs is 1. The molecule has 3 rings (SSSR count). The van der Waals surface area contributed by atoms with E-state index in [9.17, 15) is 0 Å². The Hall–Kier alpha value is -2.00. The van der Waals surface area contributed by atoms with Gasteiger partial charge in [0.2, 0.25) is 0 Å². The maximum atomic E-state index is 6.22. The largest absolute Gasteiger partial charge is 0.494 e. The van der Waals surface area contributed by atoms with Gasteiger partial charge in [-0.3, -0.25) is 0 Å². The second-order valence-electron chi connectivity index (χ2n) is 6.84. The summed E-state index contributed by atoms with van der Waals surface area (Å²) in [5, 5.41) is 0.818. The minimum atomic E-state index is 0.398. The number of benzene rings is 2. The molecule has 0 fully saturated rings. The Balaban J connectivity index is 1.68. The molecule has 1 heterocycles. The molecule has 0 radical (unpaired) electrons. The van der Waals surface area contributed by atoms with Gasteiger partial charge in [-0.1, -0.05) is 37.6 Å². The van der Waals surface area contributed by atoms with Gasteiger partial charge in [-0.2, -0.15) is 0 Å². The van der Waals surface area contributed by atoms with Gasteiger partial charge in [-0.25, -0.2) is 4.98 Å². The molecule has 132 valence electrons. The second kappa shape index (κ2) is 7.49. The molecule has 0 unspecified atom stereocenters. The predicted octanol–water partition coefficient (Wildman–Crippen LogP) is 5.90. The molecule has 0 aliphatic heterocycles. The summed E-state index contributed by atoms with van der Waals surface area (Å²) in [5.74, 6) is 2.42. The zero-order chi connectivity index (χ0) is 18.0. The van der Waals surface area contributed by atoms with Crippen molar-refractivity contribution >= 4 is 22.6 Å². The summed E-state index contributed by atoms with van der Waals surface area (Å²) in [4.78, 5) is 4.79. The molecule has 0 saturated heterocycles. The molecule has 4 heteroatoms. The summed E-state index contributed by atoms with van der Waals surface area (Å²) in [6.45, 7) is 9.97. The monoisotopic (exact) mass is 356 g/mol. The number of imidazole rings is 1. The third kappa shape index (κ3) is 3.82. The van der Waals surface area contributed by atoms with E-state index in [-0.39, 0.29) is 0 Å². The average molecular weight is 357 g/mol. The van der Waals surface area contributed by atoms with Gasteiger partial charge in [-0.15, -0.1) is 0 Å². The fourth-order valence-corrected chi connectivity index (χ4v) is 3.28. The van der Waals surface area contributed by atoms with E-state index in [1.165, 1.54) is 5.52 Å². The van der Waals surface area contributed by atoms with Crippen LogP contribution in [0.1, 0.15) is 43.1 Å². The van der Waals surface area contributed by atoms with Crippen LogP contribution in [0.2, 0.25) is 5.02 Å². The summed E-state index contributed by atoms with van der Waals surface area (Å²) in [5.41, 5.74) is 4.37. The lowest BCUT2D eigenvalue weighted by Crippen LogP contribution is -2.09. The first-order chi connectivity index (χ1) is 12.0. The maximum absolute atomic E-state index is 6.22. The van der Waals surface area contributed by atoms with Crippen LogP contribution in [0.15, 0.2) is 36.4 Å². The summed E-state index contributed by atoms with van der Waals surface area (Å²) in [7, 11) is 0. The van der Waals surface area contributed by atoms with Crippen molar-refractivity contribution in [3.63, 3.8) is 0 Å². The molecular formula is C21H25ClN2O. The SMILES string of the molecule is Cc1cc(OCCCn2c(C(C)C)nc3ccccc32)cc(C)c1Cl. The molecule has 0 spiro atoms. The van der Waals surface area contributed by atoms with Crippen molar-refractivity contribution in [2.75, 3.05) is 6.61 Å². The van der Waals surface area contributed by atoms with Crippen molar-refractivity contribution in [1.82, 2.24) is 9.55 Å². The summed E-state index contributed by atoms with van der Waals surface area (Å²) in [6, 6.07) is 12.3. The lowest BCUT2D eigenvalue weighted by molar-refractivity contribution is 0.301. The smallest absolute Gasteiger partial charge is 0.119 e. The number of halogens is 1. The van der Waals surface area contributed by atoms with Crippen LogP contribution in [-0.2, 0) is 6.54 Å². The van der Waals surface area contributed by atoms with Crippen molar-refractivity contribution in [3.05, 3.63) is 58.4 Å². The molecule has 0 amide bonds. The van der Waals surface area contributed by atoms with E-state index >= 15 is 0 Å². The Morgan fingerprint density at radius 1 is 1.12 bits per heavy atom. The number of hydrogen-bond acceptors (Lipinski definition) is 2. The van der Waals surface area contributed by atoms with Gasteiger partial charge in [0.1, 0.15) is 11.6 Å². The first-order valence-electron chi connectivity index (χ1n) is 8.82. The van der Waals surface area contributed by atoms with E-state index in [0.717, 1.165) is 46.2 Å². The quantitative estimate of drug-likeness (QED) is 0.514. The van der Waals surface area contributed by atoms with Crippen molar-refractivity contribution in [2.24, 2.45) is 0 Å². The van der Waals surface area contributed by atoms with E-state index in [1.807, 2.05) is 32.0 Å². The highest BCUT2D eigenvalue weighted by atomic mass is 35.5. The van der Waals surface area contributed by atoms with Crippen LogP contribution in [0.25, 0.3) is 11.0 Å². The number of ether oxygens (including phenoxy) is 1. The van der Waals surface area contributed by atoms with E-state index < -0.39 is 0 Å². The Morgan fingerprint density at radius 3 is 2.48 bits per heavy atom. The van der Waals surface area contributed by atoms with Crippen LogP contribution < -0.4 is 4.74 Å². The van der Waals surface area contributed by atoms with E-state index in [2.05, 4.69) is 36.6 Å². The van der Waals surface area contributed by atoms with Gasteiger partial charge in [0, 0.05) is 17.5 Å². The third-order valence-corrected chi connectivity index (χ3v) is 5.00. The number of aromatic nitrogens is 2. The summed E-state index contributed by atoms with van der Waals surface area (Å²) < 4.78 is 8.26. The zero-order valence-electron chi connectivity index (χ0n) is 15.3.